The maximum absolute atomic E-state index is 12.4. The highest BCUT2D eigenvalue weighted by molar-refractivity contribution is 7.09. The molecule has 1 heterocycles. The molecule has 0 saturated heterocycles. The largest absolute Gasteiger partial charge is 0.378 e. The van der Waals surface area contributed by atoms with E-state index in [9.17, 15) is 4.79 Å². The average molecular weight is 356 g/mol. The molecule has 3 rings (SSSR count). The summed E-state index contributed by atoms with van der Waals surface area (Å²) in [4.78, 5) is 18.8. The average Bonchev–Trinajstić information content (AvgIpc) is 3.08. The molecule has 4 nitrogen and oxygen atoms in total. The van der Waals surface area contributed by atoms with Gasteiger partial charge in [-0.1, -0.05) is 24.8 Å². The third-order valence-corrected chi connectivity index (χ3v) is 5.43. The van der Waals surface area contributed by atoms with Crippen LogP contribution in [0.3, 0.4) is 0 Å². The fourth-order valence-corrected chi connectivity index (χ4v) is 4.12. The number of fused-ring (bicyclic) bond motifs is 1. The van der Waals surface area contributed by atoms with Crippen LogP contribution in [-0.2, 0) is 42.1 Å². The van der Waals surface area contributed by atoms with Crippen LogP contribution in [0.1, 0.15) is 40.2 Å². The number of benzene rings is 1. The molecular formula is C20H24N2O2S. The first-order chi connectivity index (χ1) is 12.2. The molecule has 2 aromatic rings. The van der Waals surface area contributed by atoms with Gasteiger partial charge in [-0.2, -0.15) is 0 Å². The smallest absolute Gasteiger partial charge is 0.246 e. The van der Waals surface area contributed by atoms with E-state index in [1.165, 1.54) is 35.6 Å². The third kappa shape index (κ3) is 4.35. The van der Waals surface area contributed by atoms with Crippen LogP contribution in [0.5, 0.6) is 0 Å². The third-order valence-electron chi connectivity index (χ3n) is 4.56. The Morgan fingerprint density at radius 1 is 1.36 bits per heavy atom. The van der Waals surface area contributed by atoms with Crippen LogP contribution in [0.2, 0.25) is 0 Å². The number of ether oxygens (including phenoxy) is 1. The molecule has 25 heavy (non-hydrogen) atoms. The van der Waals surface area contributed by atoms with E-state index in [4.69, 9.17) is 4.74 Å². The van der Waals surface area contributed by atoms with Crippen LogP contribution in [0.15, 0.2) is 36.2 Å². The zero-order valence-electron chi connectivity index (χ0n) is 14.7. The number of carbonyl (C=O) groups is 1. The number of aryl methyl sites for hydroxylation is 1. The summed E-state index contributed by atoms with van der Waals surface area (Å²) < 4.78 is 5.12. The van der Waals surface area contributed by atoms with Crippen molar-refractivity contribution in [1.29, 1.82) is 0 Å². The normalized spacial score (nSPS) is 13.3. The van der Waals surface area contributed by atoms with E-state index in [1.54, 1.807) is 18.4 Å². The van der Waals surface area contributed by atoms with E-state index in [-0.39, 0.29) is 5.91 Å². The van der Waals surface area contributed by atoms with Crippen molar-refractivity contribution in [2.75, 3.05) is 7.11 Å². The van der Waals surface area contributed by atoms with Gasteiger partial charge < -0.3 is 9.64 Å². The van der Waals surface area contributed by atoms with Crippen molar-refractivity contribution < 1.29 is 9.53 Å². The lowest BCUT2D eigenvalue weighted by molar-refractivity contribution is -0.127. The summed E-state index contributed by atoms with van der Waals surface area (Å²) in [5.74, 6) is -0.0605. The highest BCUT2D eigenvalue weighted by Crippen LogP contribution is 2.26. The van der Waals surface area contributed by atoms with Gasteiger partial charge in [-0.15, -0.1) is 11.3 Å². The Hall–Kier alpha value is -1.98. The van der Waals surface area contributed by atoms with Crippen molar-refractivity contribution >= 4 is 17.2 Å². The molecule has 5 heteroatoms. The highest BCUT2D eigenvalue weighted by Gasteiger charge is 2.18. The minimum absolute atomic E-state index is 0.0605. The molecule has 1 amide bonds. The van der Waals surface area contributed by atoms with Crippen molar-refractivity contribution in [3.8, 4) is 0 Å². The summed E-state index contributed by atoms with van der Waals surface area (Å²) in [6.45, 7) is 5.26. The summed E-state index contributed by atoms with van der Waals surface area (Å²) in [6, 6.07) is 6.47. The first kappa shape index (κ1) is 17.8. The van der Waals surface area contributed by atoms with Crippen molar-refractivity contribution in [1.82, 2.24) is 9.88 Å². The monoisotopic (exact) mass is 356 g/mol. The molecule has 0 radical (unpaired) electrons. The predicted molar refractivity (Wildman–Crippen MR) is 100 cm³/mol. The van der Waals surface area contributed by atoms with E-state index in [0.717, 1.165) is 23.5 Å². The van der Waals surface area contributed by atoms with Crippen LogP contribution in [0.4, 0.5) is 0 Å². The number of carbonyl (C=O) groups excluding carboxylic acids is 1. The second-order valence-electron chi connectivity index (χ2n) is 6.33. The van der Waals surface area contributed by atoms with E-state index >= 15 is 0 Å². The van der Waals surface area contributed by atoms with Gasteiger partial charge in [-0.05, 0) is 48.4 Å². The lowest BCUT2D eigenvalue weighted by Crippen LogP contribution is -2.29. The Kier molecular flexibility index (Phi) is 6.00. The van der Waals surface area contributed by atoms with E-state index in [2.05, 4.69) is 29.8 Å². The fraction of sp³-hybridized carbons (Fsp3) is 0.400. The van der Waals surface area contributed by atoms with Crippen molar-refractivity contribution in [2.24, 2.45) is 0 Å². The van der Waals surface area contributed by atoms with Crippen LogP contribution < -0.4 is 0 Å². The van der Waals surface area contributed by atoms with Crippen molar-refractivity contribution in [3.63, 3.8) is 0 Å². The predicted octanol–water partition coefficient (Wildman–Crippen LogP) is 3.88. The summed E-state index contributed by atoms with van der Waals surface area (Å²) >= 11 is 1.56. The second kappa shape index (κ2) is 8.41. The Balaban J connectivity index is 1.79. The van der Waals surface area contributed by atoms with Crippen LogP contribution in [0.25, 0.3) is 0 Å². The van der Waals surface area contributed by atoms with E-state index in [0.29, 0.717) is 19.7 Å². The molecule has 1 aromatic heterocycles. The summed E-state index contributed by atoms with van der Waals surface area (Å²) in [7, 11) is 1.66. The van der Waals surface area contributed by atoms with Crippen molar-refractivity contribution in [2.45, 2.75) is 45.4 Å². The first-order valence-electron chi connectivity index (χ1n) is 8.64. The number of hydrogen-bond acceptors (Lipinski definition) is 4. The molecule has 1 aliphatic carbocycles. The van der Waals surface area contributed by atoms with Crippen LogP contribution >= 0.6 is 11.3 Å². The minimum atomic E-state index is -0.0605. The molecule has 1 aliphatic rings. The summed E-state index contributed by atoms with van der Waals surface area (Å²) in [5.41, 5.74) is 5.01. The maximum Gasteiger partial charge on any atom is 0.246 e. The van der Waals surface area contributed by atoms with Gasteiger partial charge in [0.05, 0.1) is 18.8 Å². The Morgan fingerprint density at radius 2 is 2.20 bits per heavy atom. The minimum Gasteiger partial charge on any atom is -0.378 e. The van der Waals surface area contributed by atoms with Gasteiger partial charge in [-0.25, -0.2) is 4.98 Å². The number of hydrogen-bond donors (Lipinski definition) is 0. The SMILES string of the molecule is C=CC(=O)N(Cc1csc(COC)n1)Cc1cccc2c1CCCC2. The molecule has 1 aromatic carbocycles. The number of methoxy groups -OCH3 is 1. The van der Waals surface area contributed by atoms with Gasteiger partial charge >= 0.3 is 0 Å². The second-order valence-corrected chi connectivity index (χ2v) is 7.27. The molecule has 0 N–H and O–H groups in total. The molecule has 0 aliphatic heterocycles. The maximum atomic E-state index is 12.4. The lowest BCUT2D eigenvalue weighted by Gasteiger charge is -2.25. The number of amides is 1. The standard InChI is InChI=1S/C20H24N2O2S/c1-3-20(23)22(12-17-14-25-19(21-17)13-24-2)11-16-9-6-8-15-7-4-5-10-18(15)16/h3,6,8-9,14H,1,4-5,7,10-13H2,2H3. The quantitative estimate of drug-likeness (QED) is 0.707. The first-order valence-corrected chi connectivity index (χ1v) is 9.52. The van der Waals surface area contributed by atoms with Gasteiger partial charge in [0.15, 0.2) is 0 Å². The van der Waals surface area contributed by atoms with Crippen LogP contribution in [0, 0.1) is 0 Å². The summed E-state index contributed by atoms with van der Waals surface area (Å²) in [5, 5.41) is 2.93. The molecule has 0 fully saturated rings. The van der Waals surface area contributed by atoms with Gasteiger partial charge in [0, 0.05) is 19.0 Å². The number of thiazole rings is 1. The topological polar surface area (TPSA) is 42.4 Å². The molecule has 0 unspecified atom stereocenters. The van der Waals surface area contributed by atoms with Gasteiger partial charge in [0.1, 0.15) is 5.01 Å². The lowest BCUT2D eigenvalue weighted by atomic mass is 9.88. The molecule has 0 bridgehead atoms. The van der Waals surface area contributed by atoms with Gasteiger partial charge in [-0.3, -0.25) is 4.79 Å². The highest BCUT2D eigenvalue weighted by atomic mass is 32.1. The van der Waals surface area contributed by atoms with E-state index in [1.807, 2.05) is 10.3 Å². The molecule has 0 atom stereocenters. The number of aromatic nitrogens is 1. The van der Waals surface area contributed by atoms with Crippen LogP contribution in [-0.4, -0.2) is 22.9 Å². The Labute approximate surface area is 153 Å². The van der Waals surface area contributed by atoms with Crippen molar-refractivity contribution in [3.05, 3.63) is 63.6 Å². The molecular weight excluding hydrogens is 332 g/mol. The Bertz CT molecular complexity index is 754. The molecule has 0 spiro atoms. The van der Waals surface area contributed by atoms with Gasteiger partial charge in [0.25, 0.3) is 0 Å². The number of nitrogens with zero attached hydrogens (tertiary/aromatic N) is 2. The summed E-state index contributed by atoms with van der Waals surface area (Å²) in [6.07, 6.45) is 6.12. The molecule has 132 valence electrons. The zero-order chi connectivity index (χ0) is 17.6. The van der Waals surface area contributed by atoms with E-state index < -0.39 is 0 Å². The number of rotatable bonds is 7. The Morgan fingerprint density at radius 3 is 3.00 bits per heavy atom. The zero-order valence-corrected chi connectivity index (χ0v) is 15.5. The molecule has 0 saturated carbocycles. The van der Waals surface area contributed by atoms with Gasteiger partial charge in [0.2, 0.25) is 5.91 Å². The fourth-order valence-electron chi connectivity index (χ4n) is 3.36.